The van der Waals surface area contributed by atoms with Crippen LogP contribution in [0.4, 0.5) is 28.8 Å². The second-order valence-electron chi connectivity index (χ2n) is 8.81. The van der Waals surface area contributed by atoms with Gasteiger partial charge in [0.2, 0.25) is 16.0 Å². The number of nitrogens with one attached hydrogen (secondary N) is 4. The quantitative estimate of drug-likeness (QED) is 0.209. The van der Waals surface area contributed by atoms with E-state index in [1.165, 1.54) is 25.1 Å². The van der Waals surface area contributed by atoms with Gasteiger partial charge in [0.05, 0.1) is 41.7 Å². The molecule has 3 aromatic rings. The molecule has 1 amide bonds. The molecule has 1 saturated heterocycles. The topological polar surface area (TPSA) is 138 Å². The first-order valence-electron chi connectivity index (χ1n) is 12.7. The number of halogens is 1. The number of hydrogen-bond acceptors (Lipinski definition) is 11. The van der Waals surface area contributed by atoms with E-state index in [9.17, 15) is 13.2 Å². The predicted octanol–water partition coefficient (Wildman–Crippen LogP) is 4.79. The smallest absolute Gasteiger partial charge is 0.253 e. The Kier molecular flexibility index (Phi) is 11.4. The Labute approximate surface area is 264 Å². The molecule has 2 heterocycles. The van der Waals surface area contributed by atoms with Crippen LogP contribution in [0.1, 0.15) is 10.4 Å². The van der Waals surface area contributed by atoms with Gasteiger partial charge in [0.25, 0.3) is 5.91 Å². The van der Waals surface area contributed by atoms with E-state index in [-0.39, 0.29) is 28.4 Å². The van der Waals surface area contributed by atoms with Crippen LogP contribution in [0.25, 0.3) is 0 Å². The summed E-state index contributed by atoms with van der Waals surface area (Å²) in [6.45, 7) is 1.79. The van der Waals surface area contributed by atoms with E-state index in [1.54, 1.807) is 49.5 Å². The summed E-state index contributed by atoms with van der Waals surface area (Å²) in [5.74, 6) is 2.92. The second kappa shape index (κ2) is 15.0. The molecule has 16 heteroatoms. The van der Waals surface area contributed by atoms with Crippen LogP contribution in [0.15, 0.2) is 48.7 Å². The average Bonchev–Trinajstić information content (AvgIpc) is 2.99. The van der Waals surface area contributed by atoms with Gasteiger partial charge in [-0.1, -0.05) is 47.7 Å². The van der Waals surface area contributed by atoms with Crippen LogP contribution in [0.2, 0.25) is 5.02 Å². The number of thiocarbonyl (C=S) groups is 1. The molecule has 2 aromatic carbocycles. The van der Waals surface area contributed by atoms with Gasteiger partial charge < -0.3 is 25.6 Å². The van der Waals surface area contributed by atoms with Crippen LogP contribution in [0, 0.1) is 0 Å². The van der Waals surface area contributed by atoms with E-state index in [0.29, 0.717) is 34.1 Å². The van der Waals surface area contributed by atoms with E-state index >= 15 is 0 Å². The molecular formula is C26H30ClN7O4S4. The largest absolute Gasteiger partial charge is 0.494 e. The highest BCUT2D eigenvalue weighted by atomic mass is 35.5. The summed E-state index contributed by atoms with van der Waals surface area (Å²) in [5.41, 5.74) is 1.79. The van der Waals surface area contributed by atoms with Crippen molar-refractivity contribution in [1.82, 2.24) is 20.2 Å². The van der Waals surface area contributed by atoms with Gasteiger partial charge in [-0.05, 0) is 24.3 Å². The fourth-order valence-corrected chi connectivity index (χ4v) is 7.67. The van der Waals surface area contributed by atoms with Gasteiger partial charge in [-0.15, -0.1) is 0 Å². The SMILES string of the molecule is CNC(=O)c1ccccc1Nc1nc(Nc2ccc(NS(=O)(=O)CCSC(=S)N3CCSCC3)cc2OC)ncc1Cl. The van der Waals surface area contributed by atoms with Gasteiger partial charge in [0, 0.05) is 43.5 Å². The second-order valence-corrected chi connectivity index (χ2v) is 14.0. The van der Waals surface area contributed by atoms with Gasteiger partial charge in [-0.25, -0.2) is 13.4 Å². The Morgan fingerprint density at radius 1 is 1.17 bits per heavy atom. The highest BCUT2D eigenvalue weighted by Crippen LogP contribution is 2.32. The van der Waals surface area contributed by atoms with Gasteiger partial charge in [-0.2, -0.15) is 16.7 Å². The Bertz CT molecular complexity index is 1540. The maximum atomic E-state index is 12.7. The number of nitrogens with zero attached hydrogens (tertiary/aromatic N) is 3. The summed E-state index contributed by atoms with van der Waals surface area (Å²) >= 11 is 15.1. The first kappa shape index (κ1) is 31.9. The Hall–Kier alpha value is -2.98. The number of para-hydroxylation sites is 1. The lowest BCUT2D eigenvalue weighted by Gasteiger charge is -2.28. The number of sulfonamides is 1. The third-order valence-corrected chi connectivity index (χ3v) is 10.3. The Morgan fingerprint density at radius 2 is 1.93 bits per heavy atom. The zero-order chi connectivity index (χ0) is 30.1. The van der Waals surface area contributed by atoms with Gasteiger partial charge in [-0.3, -0.25) is 9.52 Å². The predicted molar refractivity (Wildman–Crippen MR) is 178 cm³/mol. The molecule has 0 saturated carbocycles. The number of carbonyl (C=O) groups is 1. The van der Waals surface area contributed by atoms with Crippen LogP contribution in [0.3, 0.4) is 0 Å². The highest BCUT2D eigenvalue weighted by Gasteiger charge is 2.18. The van der Waals surface area contributed by atoms with Crippen LogP contribution in [-0.4, -0.2) is 83.8 Å². The minimum Gasteiger partial charge on any atom is -0.494 e. The van der Waals surface area contributed by atoms with E-state index in [0.717, 1.165) is 28.9 Å². The summed E-state index contributed by atoms with van der Waals surface area (Å²) in [7, 11) is -0.592. The summed E-state index contributed by atoms with van der Waals surface area (Å²) in [6, 6.07) is 11.8. The first-order valence-corrected chi connectivity index (χ1v) is 17.3. The van der Waals surface area contributed by atoms with Crippen molar-refractivity contribution in [1.29, 1.82) is 0 Å². The molecule has 1 aliphatic rings. The van der Waals surface area contributed by atoms with Crippen molar-refractivity contribution < 1.29 is 17.9 Å². The summed E-state index contributed by atoms with van der Waals surface area (Å²) in [6.07, 6.45) is 1.42. The molecule has 4 rings (SSSR count). The van der Waals surface area contributed by atoms with Crippen molar-refractivity contribution in [2.75, 3.05) is 65.6 Å². The van der Waals surface area contributed by atoms with E-state index in [2.05, 4.69) is 35.5 Å². The molecule has 1 aromatic heterocycles. The molecule has 0 bridgehead atoms. The lowest BCUT2D eigenvalue weighted by molar-refractivity contribution is 0.0964. The lowest BCUT2D eigenvalue weighted by atomic mass is 10.1. The number of carbonyl (C=O) groups excluding carboxylic acids is 1. The Morgan fingerprint density at radius 3 is 2.67 bits per heavy atom. The molecule has 42 heavy (non-hydrogen) atoms. The average molecular weight is 668 g/mol. The molecule has 224 valence electrons. The maximum Gasteiger partial charge on any atom is 0.253 e. The van der Waals surface area contributed by atoms with E-state index in [1.807, 2.05) is 11.8 Å². The molecule has 0 aliphatic carbocycles. The Balaban J connectivity index is 1.41. The molecule has 0 spiro atoms. The fraction of sp³-hybridized carbons (Fsp3) is 0.308. The number of methoxy groups -OCH3 is 1. The van der Waals surface area contributed by atoms with Crippen molar-refractivity contribution in [3.8, 4) is 5.75 Å². The number of aromatic nitrogens is 2. The van der Waals surface area contributed by atoms with Crippen LogP contribution in [-0.2, 0) is 10.0 Å². The van der Waals surface area contributed by atoms with Crippen LogP contribution < -0.4 is 25.4 Å². The molecule has 1 aliphatic heterocycles. The van der Waals surface area contributed by atoms with Crippen LogP contribution in [0.5, 0.6) is 5.75 Å². The standard InChI is InChI=1S/C26H30ClN7O4S4/c1-28-24(35)18-5-3-4-6-20(18)30-23-19(27)16-29-25(32-23)31-21-8-7-17(15-22(21)38-2)33-42(36,37)14-13-41-26(39)34-9-11-40-12-10-34/h3-8,15-16,33H,9-14H2,1-2H3,(H,28,35)(H2,29,30,31,32). The number of amides is 1. The molecule has 0 unspecified atom stereocenters. The number of rotatable bonds is 11. The number of ether oxygens (including phenoxy) is 1. The third-order valence-electron chi connectivity index (χ3n) is 5.96. The molecule has 0 radical (unpaired) electrons. The van der Waals surface area contributed by atoms with Gasteiger partial charge in [0.1, 0.15) is 15.1 Å². The molecular weight excluding hydrogens is 638 g/mol. The number of benzene rings is 2. The third kappa shape index (κ3) is 8.77. The summed E-state index contributed by atoms with van der Waals surface area (Å²) in [4.78, 5) is 23.0. The van der Waals surface area contributed by atoms with E-state index in [4.69, 9.17) is 28.6 Å². The van der Waals surface area contributed by atoms with Crippen LogP contribution >= 0.6 is 47.3 Å². The number of anilines is 5. The van der Waals surface area contributed by atoms with Crippen molar-refractivity contribution in [2.24, 2.45) is 0 Å². The fourth-order valence-electron chi connectivity index (χ4n) is 3.85. The summed E-state index contributed by atoms with van der Waals surface area (Å²) in [5, 5.41) is 9.00. The van der Waals surface area contributed by atoms with Crippen molar-refractivity contribution >= 4 is 96.4 Å². The van der Waals surface area contributed by atoms with Crippen molar-refractivity contribution in [3.05, 3.63) is 59.2 Å². The van der Waals surface area contributed by atoms with Crippen molar-refractivity contribution in [3.63, 3.8) is 0 Å². The monoisotopic (exact) mass is 667 g/mol. The molecule has 11 nitrogen and oxygen atoms in total. The summed E-state index contributed by atoms with van der Waals surface area (Å²) < 4.78 is 34.3. The van der Waals surface area contributed by atoms with E-state index < -0.39 is 10.0 Å². The maximum absolute atomic E-state index is 12.7. The minimum absolute atomic E-state index is 0.0832. The number of thioether (sulfide) groups is 2. The molecule has 0 atom stereocenters. The minimum atomic E-state index is -3.61. The zero-order valence-corrected chi connectivity index (χ0v) is 26.9. The van der Waals surface area contributed by atoms with Gasteiger partial charge in [0.15, 0.2) is 5.82 Å². The normalized spacial score (nSPS) is 13.3. The molecule has 4 N–H and O–H groups in total. The highest BCUT2D eigenvalue weighted by molar-refractivity contribution is 8.23. The zero-order valence-electron chi connectivity index (χ0n) is 22.8. The first-order chi connectivity index (χ1) is 20.2. The molecule has 1 fully saturated rings. The number of hydrogen-bond donors (Lipinski definition) is 4. The van der Waals surface area contributed by atoms with Gasteiger partial charge >= 0.3 is 0 Å². The lowest BCUT2D eigenvalue weighted by Crippen LogP contribution is -2.35. The van der Waals surface area contributed by atoms with Crippen molar-refractivity contribution in [2.45, 2.75) is 0 Å².